The number of hydrogen-bond donors (Lipinski definition) is 0. The van der Waals surface area contributed by atoms with Crippen LogP contribution in [0, 0.1) is 29.1 Å². The van der Waals surface area contributed by atoms with E-state index < -0.39 is 11.9 Å². The third kappa shape index (κ3) is 1.68. The molecule has 4 atom stereocenters. The van der Waals surface area contributed by atoms with Gasteiger partial charge in [-0.15, -0.1) is 0 Å². The van der Waals surface area contributed by atoms with Gasteiger partial charge in [-0.3, -0.25) is 4.79 Å². The van der Waals surface area contributed by atoms with Crippen molar-refractivity contribution in [3.8, 4) is 6.07 Å². The van der Waals surface area contributed by atoms with Gasteiger partial charge in [-0.1, -0.05) is 0 Å². The molecule has 0 radical (unpaired) electrons. The van der Waals surface area contributed by atoms with Crippen molar-refractivity contribution in [3.05, 3.63) is 0 Å². The quantitative estimate of drug-likeness (QED) is 0.692. The van der Waals surface area contributed by atoms with Crippen LogP contribution in [0.2, 0.25) is 0 Å². The molecule has 1 aliphatic heterocycles. The lowest BCUT2D eigenvalue weighted by Crippen LogP contribution is -2.42. The molecule has 1 saturated heterocycles. The van der Waals surface area contributed by atoms with E-state index in [0.29, 0.717) is 26.1 Å². The number of hydrogen-bond acceptors (Lipinski definition) is 5. The Morgan fingerprint density at radius 1 is 1.39 bits per heavy atom. The summed E-state index contributed by atoms with van der Waals surface area (Å²) in [5.41, 5.74) is 0. The summed E-state index contributed by atoms with van der Waals surface area (Å²) in [7, 11) is 1.50. The van der Waals surface area contributed by atoms with Crippen molar-refractivity contribution in [2.24, 2.45) is 17.8 Å². The Balaban J connectivity index is 1.85. The molecule has 2 aliphatic carbocycles. The van der Waals surface area contributed by atoms with Crippen LogP contribution in [0.15, 0.2) is 0 Å². The van der Waals surface area contributed by atoms with Crippen molar-refractivity contribution in [3.63, 3.8) is 0 Å². The summed E-state index contributed by atoms with van der Waals surface area (Å²) in [5.74, 6) is -0.510. The monoisotopic (exact) mass is 251 g/mol. The topological polar surface area (TPSA) is 68.6 Å². The van der Waals surface area contributed by atoms with Gasteiger partial charge in [0, 0.05) is 26.4 Å². The lowest BCUT2D eigenvalue weighted by Gasteiger charge is -2.33. The number of carbonyl (C=O) groups excluding carboxylic acids is 1. The van der Waals surface area contributed by atoms with Crippen LogP contribution in [-0.4, -0.2) is 38.0 Å². The fourth-order valence-electron chi connectivity index (χ4n) is 3.78. The second-order valence-corrected chi connectivity index (χ2v) is 5.42. The zero-order valence-corrected chi connectivity index (χ0v) is 10.4. The van der Waals surface area contributed by atoms with E-state index in [1.54, 1.807) is 0 Å². The van der Waals surface area contributed by atoms with E-state index in [1.165, 1.54) is 7.11 Å². The summed E-state index contributed by atoms with van der Waals surface area (Å²) in [6.07, 6.45) is 1.35. The van der Waals surface area contributed by atoms with Crippen molar-refractivity contribution >= 4 is 5.78 Å². The number of carbonyl (C=O) groups is 1. The lowest BCUT2D eigenvalue weighted by atomic mass is 9.72. The smallest absolute Gasteiger partial charge is 0.169 e. The first-order valence-corrected chi connectivity index (χ1v) is 6.42. The predicted octanol–water partition coefficient (Wildman–Crippen LogP) is 0.883. The van der Waals surface area contributed by atoms with E-state index >= 15 is 0 Å². The Hall–Kier alpha value is -0.960. The average Bonchev–Trinajstić information content (AvgIpc) is 2.94. The molecule has 0 bridgehead atoms. The van der Waals surface area contributed by atoms with Crippen LogP contribution >= 0.6 is 0 Å². The number of nitrogens with zero attached hydrogens (tertiary/aromatic N) is 1. The van der Waals surface area contributed by atoms with Crippen LogP contribution in [0.4, 0.5) is 0 Å². The molecule has 0 aromatic carbocycles. The molecule has 0 aromatic heterocycles. The minimum Gasteiger partial charge on any atom is -0.372 e. The summed E-state index contributed by atoms with van der Waals surface area (Å²) in [4.78, 5) is 12.0. The second-order valence-electron chi connectivity index (χ2n) is 5.42. The molecule has 0 unspecified atom stereocenters. The summed E-state index contributed by atoms with van der Waals surface area (Å²) >= 11 is 0. The van der Waals surface area contributed by atoms with Crippen molar-refractivity contribution in [1.29, 1.82) is 5.26 Å². The van der Waals surface area contributed by atoms with E-state index in [1.807, 2.05) is 0 Å². The third-order valence-electron chi connectivity index (χ3n) is 4.51. The van der Waals surface area contributed by atoms with Gasteiger partial charge in [0.1, 0.15) is 6.10 Å². The molecule has 3 rings (SSSR count). The fraction of sp³-hybridized carbons (Fsp3) is 0.846. The van der Waals surface area contributed by atoms with Gasteiger partial charge in [0.05, 0.1) is 25.2 Å². The van der Waals surface area contributed by atoms with Gasteiger partial charge >= 0.3 is 0 Å². The van der Waals surface area contributed by atoms with Gasteiger partial charge in [0.2, 0.25) is 0 Å². The molecule has 0 aromatic rings. The minimum atomic E-state index is -0.576. The van der Waals surface area contributed by atoms with E-state index in [-0.39, 0.29) is 23.5 Å². The SMILES string of the molecule is CO[C@H]1C(=O)C[C@@H]2CC3(C[C@@H]2[C@@H]1C#N)OCCO3. The van der Waals surface area contributed by atoms with Crippen LogP contribution < -0.4 is 0 Å². The number of fused-ring (bicyclic) bond motifs is 1. The summed E-state index contributed by atoms with van der Waals surface area (Å²) in [6.45, 7) is 1.22. The Morgan fingerprint density at radius 2 is 2.11 bits per heavy atom. The Morgan fingerprint density at radius 3 is 2.72 bits per heavy atom. The first-order chi connectivity index (χ1) is 8.69. The van der Waals surface area contributed by atoms with Crippen molar-refractivity contribution in [2.45, 2.75) is 31.2 Å². The second kappa shape index (κ2) is 4.30. The largest absolute Gasteiger partial charge is 0.372 e. The molecule has 18 heavy (non-hydrogen) atoms. The highest BCUT2D eigenvalue weighted by Crippen LogP contribution is 2.52. The molecule has 98 valence electrons. The maximum absolute atomic E-state index is 12.0. The molecule has 1 spiro atoms. The number of ether oxygens (including phenoxy) is 3. The van der Waals surface area contributed by atoms with Gasteiger partial charge in [-0.2, -0.15) is 5.26 Å². The Bertz CT molecular complexity index is 396. The average molecular weight is 251 g/mol. The van der Waals surface area contributed by atoms with Gasteiger partial charge in [0.15, 0.2) is 11.6 Å². The zero-order chi connectivity index (χ0) is 12.8. The highest BCUT2D eigenvalue weighted by molar-refractivity contribution is 5.85. The maximum atomic E-state index is 12.0. The number of rotatable bonds is 1. The number of Topliss-reactive ketones (excluding diaryl/α,β-unsaturated/α-hetero) is 1. The maximum Gasteiger partial charge on any atom is 0.169 e. The van der Waals surface area contributed by atoms with Gasteiger partial charge in [0.25, 0.3) is 0 Å². The molecular formula is C13H17NO4. The zero-order valence-electron chi connectivity index (χ0n) is 10.4. The fourth-order valence-corrected chi connectivity index (χ4v) is 3.78. The number of ketones is 1. The van der Waals surface area contributed by atoms with E-state index in [9.17, 15) is 10.1 Å². The molecule has 2 saturated carbocycles. The van der Waals surface area contributed by atoms with Crippen LogP contribution in [0.3, 0.4) is 0 Å². The Labute approximate surface area is 106 Å². The van der Waals surface area contributed by atoms with Crippen molar-refractivity contribution < 1.29 is 19.0 Å². The summed E-state index contributed by atoms with van der Waals surface area (Å²) < 4.78 is 16.6. The van der Waals surface area contributed by atoms with E-state index in [2.05, 4.69) is 6.07 Å². The highest BCUT2D eigenvalue weighted by Gasteiger charge is 2.56. The lowest BCUT2D eigenvalue weighted by molar-refractivity contribution is -0.154. The molecule has 5 heteroatoms. The molecule has 0 N–H and O–H groups in total. The molecule has 3 aliphatic rings. The molecule has 1 heterocycles. The van der Waals surface area contributed by atoms with E-state index in [0.717, 1.165) is 6.42 Å². The third-order valence-corrected chi connectivity index (χ3v) is 4.51. The van der Waals surface area contributed by atoms with Gasteiger partial charge in [-0.05, 0) is 11.8 Å². The summed E-state index contributed by atoms with van der Waals surface area (Å²) in [6, 6.07) is 2.26. The van der Waals surface area contributed by atoms with E-state index in [4.69, 9.17) is 14.2 Å². The standard InChI is InChI=1S/C13H17NO4/c1-16-12-10(7-14)9-6-13(17-2-3-18-13)5-8(9)4-11(12)15/h8-10,12H,2-6H2,1H3/t8-,9+,10+,12-/m1/s1. The molecule has 5 nitrogen and oxygen atoms in total. The number of nitriles is 1. The first kappa shape index (κ1) is 12.1. The predicted molar refractivity (Wildman–Crippen MR) is 60.4 cm³/mol. The van der Waals surface area contributed by atoms with Crippen molar-refractivity contribution in [1.82, 2.24) is 0 Å². The first-order valence-electron chi connectivity index (χ1n) is 6.42. The summed E-state index contributed by atoms with van der Waals surface area (Å²) in [5, 5.41) is 9.32. The van der Waals surface area contributed by atoms with Crippen LogP contribution in [0.1, 0.15) is 19.3 Å². The van der Waals surface area contributed by atoms with Gasteiger partial charge in [-0.25, -0.2) is 0 Å². The normalized spacial score (nSPS) is 41.9. The minimum absolute atomic E-state index is 0.0420. The van der Waals surface area contributed by atoms with Gasteiger partial charge < -0.3 is 14.2 Å². The molecular weight excluding hydrogens is 234 g/mol. The van der Waals surface area contributed by atoms with Crippen LogP contribution in [-0.2, 0) is 19.0 Å². The van der Waals surface area contributed by atoms with Crippen LogP contribution in [0.25, 0.3) is 0 Å². The Kier molecular flexibility index (Phi) is 2.89. The highest BCUT2D eigenvalue weighted by atomic mass is 16.7. The molecule has 0 amide bonds. The van der Waals surface area contributed by atoms with Crippen LogP contribution in [0.5, 0.6) is 0 Å². The molecule has 3 fully saturated rings. The number of methoxy groups -OCH3 is 1. The van der Waals surface area contributed by atoms with Crippen molar-refractivity contribution in [2.75, 3.05) is 20.3 Å².